The number of hydrogen-bond donors (Lipinski definition) is 1. The van der Waals surface area contributed by atoms with Crippen LogP contribution < -0.4 is 4.74 Å². The van der Waals surface area contributed by atoms with E-state index in [1.54, 1.807) is 0 Å². The molecule has 0 spiro atoms. The lowest BCUT2D eigenvalue weighted by atomic mass is 9.97. The molecule has 2 unspecified atom stereocenters. The van der Waals surface area contributed by atoms with Crippen molar-refractivity contribution in [2.45, 2.75) is 71.8 Å². The molecule has 2 nitrogen and oxygen atoms in total. The van der Waals surface area contributed by atoms with E-state index < -0.39 is 0 Å². The fourth-order valence-corrected chi connectivity index (χ4v) is 2.28. The van der Waals surface area contributed by atoms with Crippen LogP contribution in [0, 0.1) is 5.92 Å². The molecular weight excluding hydrogens is 260 g/mol. The van der Waals surface area contributed by atoms with Crippen LogP contribution in [-0.4, -0.2) is 17.8 Å². The van der Waals surface area contributed by atoms with Gasteiger partial charge in [-0.3, -0.25) is 0 Å². The highest BCUT2D eigenvalue weighted by Gasteiger charge is 2.08. The van der Waals surface area contributed by atoms with Crippen molar-refractivity contribution < 1.29 is 9.84 Å². The van der Waals surface area contributed by atoms with Gasteiger partial charge in [-0.2, -0.15) is 0 Å². The van der Waals surface area contributed by atoms with Gasteiger partial charge in [-0.15, -0.1) is 0 Å². The molecule has 0 saturated heterocycles. The molecule has 1 aromatic carbocycles. The van der Waals surface area contributed by atoms with Crippen LogP contribution in [0.3, 0.4) is 0 Å². The van der Waals surface area contributed by atoms with Crippen molar-refractivity contribution in [3.05, 3.63) is 29.8 Å². The molecule has 0 heterocycles. The lowest BCUT2D eigenvalue weighted by molar-refractivity contribution is 0.130. The molecule has 0 bridgehead atoms. The van der Waals surface area contributed by atoms with Gasteiger partial charge in [0.15, 0.2) is 0 Å². The molecule has 0 aromatic heterocycles. The smallest absolute Gasteiger partial charge is 0.119 e. The topological polar surface area (TPSA) is 29.5 Å². The lowest BCUT2D eigenvalue weighted by Gasteiger charge is -2.14. The average Bonchev–Trinajstić information content (AvgIpc) is 2.49. The Bertz CT molecular complexity index is 356. The lowest BCUT2D eigenvalue weighted by Crippen LogP contribution is -2.13. The predicted molar refractivity (Wildman–Crippen MR) is 89.9 cm³/mol. The van der Waals surface area contributed by atoms with Gasteiger partial charge < -0.3 is 9.84 Å². The van der Waals surface area contributed by atoms with Crippen LogP contribution in [0.25, 0.3) is 0 Å². The molecule has 1 rings (SSSR count). The number of aryl methyl sites for hydroxylation is 1. The first-order valence-corrected chi connectivity index (χ1v) is 8.53. The molecule has 1 N–H and O–H groups in total. The van der Waals surface area contributed by atoms with E-state index in [0.717, 1.165) is 31.6 Å². The van der Waals surface area contributed by atoms with Crippen LogP contribution in [0.2, 0.25) is 0 Å². The highest BCUT2D eigenvalue weighted by atomic mass is 16.5. The molecule has 0 aliphatic heterocycles. The van der Waals surface area contributed by atoms with Crippen molar-refractivity contribution in [1.82, 2.24) is 0 Å². The summed E-state index contributed by atoms with van der Waals surface area (Å²) in [5, 5.41) is 9.50. The summed E-state index contributed by atoms with van der Waals surface area (Å²) in [7, 11) is 0. The van der Waals surface area contributed by atoms with Gasteiger partial charge in [0.25, 0.3) is 0 Å². The minimum Gasteiger partial charge on any atom is -0.494 e. The Balaban J connectivity index is 2.21. The van der Waals surface area contributed by atoms with Crippen molar-refractivity contribution in [2.75, 3.05) is 6.61 Å². The van der Waals surface area contributed by atoms with E-state index in [0.29, 0.717) is 5.92 Å². The van der Waals surface area contributed by atoms with E-state index in [-0.39, 0.29) is 6.10 Å². The number of unbranched alkanes of at least 4 members (excludes halogenated alkanes) is 4. The van der Waals surface area contributed by atoms with Crippen LogP contribution in [0.15, 0.2) is 24.3 Å². The normalized spacial score (nSPS) is 13.9. The van der Waals surface area contributed by atoms with E-state index in [4.69, 9.17) is 4.74 Å². The number of benzene rings is 1. The maximum atomic E-state index is 9.50. The Morgan fingerprint density at radius 1 is 1.00 bits per heavy atom. The molecule has 0 fully saturated rings. The van der Waals surface area contributed by atoms with Gasteiger partial charge in [-0.1, -0.05) is 51.7 Å². The van der Waals surface area contributed by atoms with Gasteiger partial charge >= 0.3 is 0 Å². The summed E-state index contributed by atoms with van der Waals surface area (Å²) < 4.78 is 5.77. The fourth-order valence-electron chi connectivity index (χ4n) is 2.28. The van der Waals surface area contributed by atoms with Gasteiger partial charge in [0.2, 0.25) is 0 Å². The Kier molecular flexibility index (Phi) is 9.16. The van der Waals surface area contributed by atoms with E-state index in [1.807, 2.05) is 6.92 Å². The Morgan fingerprint density at radius 2 is 1.67 bits per heavy atom. The average molecular weight is 292 g/mol. The molecule has 0 aliphatic rings. The molecular formula is C19H32O2. The minimum atomic E-state index is -0.222. The molecule has 0 aliphatic carbocycles. The van der Waals surface area contributed by atoms with Crippen molar-refractivity contribution in [3.63, 3.8) is 0 Å². The summed E-state index contributed by atoms with van der Waals surface area (Å²) in [5.41, 5.74) is 1.32. The summed E-state index contributed by atoms with van der Waals surface area (Å²) in [5.74, 6) is 1.32. The van der Waals surface area contributed by atoms with Gasteiger partial charge in [-0.05, 0) is 49.8 Å². The molecule has 1 aromatic rings. The minimum absolute atomic E-state index is 0.222. The Labute approximate surface area is 130 Å². The van der Waals surface area contributed by atoms with Gasteiger partial charge in [0.1, 0.15) is 5.75 Å². The quantitative estimate of drug-likeness (QED) is 0.582. The van der Waals surface area contributed by atoms with Gasteiger partial charge in [-0.25, -0.2) is 0 Å². The largest absolute Gasteiger partial charge is 0.494 e. The predicted octanol–water partition coefficient (Wildman–Crippen LogP) is 4.99. The zero-order valence-corrected chi connectivity index (χ0v) is 14.0. The summed E-state index contributed by atoms with van der Waals surface area (Å²) in [4.78, 5) is 0. The van der Waals surface area contributed by atoms with Crippen molar-refractivity contribution in [3.8, 4) is 5.75 Å². The number of hydrogen-bond acceptors (Lipinski definition) is 2. The molecule has 0 saturated carbocycles. The van der Waals surface area contributed by atoms with E-state index in [9.17, 15) is 5.11 Å². The first kappa shape index (κ1) is 18.0. The number of ether oxygens (including phenoxy) is 1. The van der Waals surface area contributed by atoms with Crippen molar-refractivity contribution >= 4 is 0 Å². The van der Waals surface area contributed by atoms with Crippen LogP contribution in [-0.2, 0) is 6.42 Å². The Hall–Kier alpha value is -1.02. The fraction of sp³-hybridized carbons (Fsp3) is 0.684. The van der Waals surface area contributed by atoms with Crippen LogP contribution in [0.1, 0.15) is 64.9 Å². The van der Waals surface area contributed by atoms with Crippen LogP contribution in [0.4, 0.5) is 0 Å². The third kappa shape index (κ3) is 8.11. The molecule has 0 radical (unpaired) electrons. The van der Waals surface area contributed by atoms with Crippen molar-refractivity contribution in [1.29, 1.82) is 0 Å². The van der Waals surface area contributed by atoms with Crippen LogP contribution >= 0.6 is 0 Å². The number of rotatable bonds is 11. The maximum Gasteiger partial charge on any atom is 0.119 e. The van der Waals surface area contributed by atoms with Crippen LogP contribution in [0.5, 0.6) is 5.75 Å². The monoisotopic (exact) mass is 292 g/mol. The molecule has 120 valence electrons. The SMILES string of the molecule is CCCCCCCOc1ccc(CCC(C)C(C)O)cc1. The number of aliphatic hydroxyl groups is 1. The highest BCUT2D eigenvalue weighted by molar-refractivity contribution is 5.27. The molecule has 2 heteroatoms. The van der Waals surface area contributed by atoms with Gasteiger partial charge in [0.05, 0.1) is 12.7 Å². The van der Waals surface area contributed by atoms with E-state index in [1.165, 1.54) is 31.2 Å². The highest BCUT2D eigenvalue weighted by Crippen LogP contribution is 2.17. The third-order valence-electron chi connectivity index (χ3n) is 4.15. The molecule has 21 heavy (non-hydrogen) atoms. The second-order valence-corrected chi connectivity index (χ2v) is 6.16. The number of aliphatic hydroxyl groups excluding tert-OH is 1. The first-order valence-electron chi connectivity index (χ1n) is 8.53. The summed E-state index contributed by atoms with van der Waals surface area (Å²) in [6.45, 7) is 7.02. The first-order chi connectivity index (χ1) is 10.1. The molecule has 2 atom stereocenters. The molecule has 0 amide bonds. The summed E-state index contributed by atoms with van der Waals surface area (Å²) in [6.07, 6.45) is 8.17. The van der Waals surface area contributed by atoms with Gasteiger partial charge in [0, 0.05) is 0 Å². The zero-order valence-electron chi connectivity index (χ0n) is 14.0. The summed E-state index contributed by atoms with van der Waals surface area (Å²) in [6, 6.07) is 8.41. The second-order valence-electron chi connectivity index (χ2n) is 6.16. The maximum absolute atomic E-state index is 9.50. The van der Waals surface area contributed by atoms with E-state index >= 15 is 0 Å². The van der Waals surface area contributed by atoms with E-state index in [2.05, 4.69) is 38.1 Å². The van der Waals surface area contributed by atoms with Crippen molar-refractivity contribution in [2.24, 2.45) is 5.92 Å². The Morgan fingerprint density at radius 3 is 2.29 bits per heavy atom. The summed E-state index contributed by atoms with van der Waals surface area (Å²) >= 11 is 0. The second kappa shape index (κ2) is 10.7. The standard InChI is InChI=1S/C19H32O2/c1-4-5-6-7-8-15-21-19-13-11-18(12-14-19)10-9-16(2)17(3)20/h11-14,16-17,20H,4-10,15H2,1-3H3. The third-order valence-corrected chi connectivity index (χ3v) is 4.15. The zero-order chi connectivity index (χ0) is 15.5.